The number of para-hydroxylation sites is 1. The number of anilines is 1. The molecule has 2 atom stereocenters. The van der Waals surface area contributed by atoms with Crippen molar-refractivity contribution in [2.45, 2.75) is 44.7 Å². The highest BCUT2D eigenvalue weighted by Gasteiger charge is 2.41. The zero-order chi connectivity index (χ0) is 15.0. The first-order valence-corrected chi connectivity index (χ1v) is 9.04. The average molecular weight is 309 g/mol. The average Bonchev–Trinajstić information content (AvgIpc) is 2.83. The molecule has 1 fully saturated rings. The fourth-order valence-electron chi connectivity index (χ4n) is 3.52. The highest BCUT2D eigenvalue weighted by molar-refractivity contribution is 7.90. The van der Waals surface area contributed by atoms with E-state index in [0.717, 1.165) is 36.9 Å². The van der Waals surface area contributed by atoms with Gasteiger partial charge < -0.3 is 5.73 Å². The number of fused-ring (bicyclic) bond motifs is 1. The van der Waals surface area contributed by atoms with Gasteiger partial charge in [0, 0.05) is 25.2 Å². The molecule has 1 aromatic rings. The van der Waals surface area contributed by atoms with Gasteiger partial charge in [-0.3, -0.25) is 4.31 Å². The summed E-state index contributed by atoms with van der Waals surface area (Å²) in [5, 5.41) is 0. The molecular weight excluding hydrogens is 286 g/mol. The van der Waals surface area contributed by atoms with Gasteiger partial charge in [-0.2, -0.15) is 12.7 Å². The summed E-state index contributed by atoms with van der Waals surface area (Å²) in [5.41, 5.74) is 7.73. The van der Waals surface area contributed by atoms with E-state index in [1.807, 2.05) is 31.2 Å². The Kier molecular flexibility index (Phi) is 3.94. The van der Waals surface area contributed by atoms with E-state index in [1.165, 1.54) is 0 Å². The zero-order valence-electron chi connectivity index (χ0n) is 12.4. The van der Waals surface area contributed by atoms with Gasteiger partial charge in [-0.05, 0) is 37.8 Å². The molecule has 6 heteroatoms. The Morgan fingerprint density at radius 2 is 2.05 bits per heavy atom. The maximum atomic E-state index is 13.1. The molecule has 0 aliphatic carbocycles. The Hall–Kier alpha value is -1.11. The third-order valence-electron chi connectivity index (χ3n) is 4.53. The summed E-state index contributed by atoms with van der Waals surface area (Å²) in [4.78, 5) is 0. The van der Waals surface area contributed by atoms with Gasteiger partial charge in [0.1, 0.15) is 0 Å². The molecule has 5 nitrogen and oxygen atoms in total. The minimum absolute atomic E-state index is 0.0345. The number of hydrogen-bond donors (Lipinski definition) is 1. The van der Waals surface area contributed by atoms with E-state index in [2.05, 4.69) is 0 Å². The molecule has 2 N–H and O–H groups in total. The normalized spacial score (nSPS) is 26.9. The Balaban J connectivity index is 1.98. The summed E-state index contributed by atoms with van der Waals surface area (Å²) in [5.74, 6) is 0. The van der Waals surface area contributed by atoms with Gasteiger partial charge in [-0.15, -0.1) is 0 Å². The molecule has 2 unspecified atom stereocenters. The summed E-state index contributed by atoms with van der Waals surface area (Å²) in [6.07, 6.45) is 3.61. The maximum Gasteiger partial charge on any atom is 0.304 e. The van der Waals surface area contributed by atoms with Crippen LogP contribution in [0.4, 0.5) is 5.69 Å². The van der Waals surface area contributed by atoms with Crippen LogP contribution < -0.4 is 10.0 Å². The van der Waals surface area contributed by atoms with Crippen LogP contribution in [0.3, 0.4) is 0 Å². The van der Waals surface area contributed by atoms with Crippen LogP contribution in [-0.4, -0.2) is 37.9 Å². The molecule has 0 spiro atoms. The van der Waals surface area contributed by atoms with Crippen molar-refractivity contribution in [1.29, 1.82) is 0 Å². The van der Waals surface area contributed by atoms with Crippen molar-refractivity contribution < 1.29 is 8.42 Å². The minimum atomic E-state index is -3.50. The van der Waals surface area contributed by atoms with Crippen molar-refractivity contribution in [3.8, 4) is 0 Å². The monoisotopic (exact) mass is 309 g/mol. The summed E-state index contributed by atoms with van der Waals surface area (Å²) in [7, 11) is -3.50. The maximum absolute atomic E-state index is 13.1. The van der Waals surface area contributed by atoms with E-state index in [9.17, 15) is 8.42 Å². The summed E-state index contributed by atoms with van der Waals surface area (Å²) >= 11 is 0. The van der Waals surface area contributed by atoms with Crippen molar-refractivity contribution in [3.63, 3.8) is 0 Å². The third kappa shape index (κ3) is 2.45. The lowest BCUT2D eigenvalue weighted by Gasteiger charge is -2.38. The van der Waals surface area contributed by atoms with E-state index in [1.54, 1.807) is 8.61 Å². The SMILES string of the molecule is CC1Cc2ccccc2N1S(=O)(=O)N1CCCCC1CN. The van der Waals surface area contributed by atoms with Crippen molar-refractivity contribution in [2.75, 3.05) is 17.4 Å². The van der Waals surface area contributed by atoms with Gasteiger partial charge >= 0.3 is 10.2 Å². The first-order valence-electron chi connectivity index (χ1n) is 7.65. The molecular formula is C15H23N3O2S. The van der Waals surface area contributed by atoms with E-state index in [-0.39, 0.29) is 12.1 Å². The molecule has 21 heavy (non-hydrogen) atoms. The fourth-order valence-corrected chi connectivity index (χ4v) is 5.63. The van der Waals surface area contributed by atoms with Crippen molar-refractivity contribution in [3.05, 3.63) is 29.8 Å². The van der Waals surface area contributed by atoms with Crippen LogP contribution in [-0.2, 0) is 16.6 Å². The van der Waals surface area contributed by atoms with E-state index in [4.69, 9.17) is 5.73 Å². The van der Waals surface area contributed by atoms with Gasteiger partial charge in [0.25, 0.3) is 0 Å². The Morgan fingerprint density at radius 1 is 1.29 bits per heavy atom. The van der Waals surface area contributed by atoms with Crippen molar-refractivity contribution in [2.24, 2.45) is 5.73 Å². The predicted octanol–water partition coefficient (Wildman–Crippen LogP) is 1.50. The topological polar surface area (TPSA) is 66.6 Å². The number of piperidine rings is 1. The van der Waals surface area contributed by atoms with Gasteiger partial charge in [0.05, 0.1) is 5.69 Å². The molecule has 0 bridgehead atoms. The number of nitrogens with two attached hydrogens (primary N) is 1. The second-order valence-electron chi connectivity index (χ2n) is 5.98. The Bertz CT molecular complexity index is 617. The number of nitrogens with zero attached hydrogens (tertiary/aromatic N) is 2. The highest BCUT2D eigenvalue weighted by Crippen LogP contribution is 2.36. The van der Waals surface area contributed by atoms with Gasteiger partial charge in [-0.1, -0.05) is 24.6 Å². The number of benzene rings is 1. The van der Waals surface area contributed by atoms with Crippen LogP contribution >= 0.6 is 0 Å². The van der Waals surface area contributed by atoms with Crippen LogP contribution in [0.15, 0.2) is 24.3 Å². The van der Waals surface area contributed by atoms with Crippen molar-refractivity contribution >= 4 is 15.9 Å². The third-order valence-corrected chi connectivity index (χ3v) is 6.66. The highest BCUT2D eigenvalue weighted by atomic mass is 32.2. The summed E-state index contributed by atoms with van der Waals surface area (Å²) < 4.78 is 29.5. The molecule has 1 aromatic carbocycles. The van der Waals surface area contributed by atoms with Crippen LogP contribution in [0.5, 0.6) is 0 Å². The molecule has 0 radical (unpaired) electrons. The van der Waals surface area contributed by atoms with Gasteiger partial charge in [-0.25, -0.2) is 0 Å². The molecule has 2 aliphatic heterocycles. The molecule has 3 rings (SSSR count). The van der Waals surface area contributed by atoms with Gasteiger partial charge in [0.15, 0.2) is 0 Å². The molecule has 116 valence electrons. The second-order valence-corrected chi connectivity index (χ2v) is 7.74. The van der Waals surface area contributed by atoms with Crippen LogP contribution in [0.2, 0.25) is 0 Å². The fraction of sp³-hybridized carbons (Fsp3) is 0.600. The Labute approximate surface area is 126 Å². The summed E-state index contributed by atoms with van der Waals surface area (Å²) in [6, 6.07) is 7.67. The largest absolute Gasteiger partial charge is 0.329 e. The van der Waals surface area contributed by atoms with Crippen LogP contribution in [0.1, 0.15) is 31.7 Å². The van der Waals surface area contributed by atoms with E-state index in [0.29, 0.717) is 13.1 Å². The summed E-state index contributed by atoms with van der Waals surface area (Å²) in [6.45, 7) is 2.94. The minimum Gasteiger partial charge on any atom is -0.329 e. The number of rotatable bonds is 3. The molecule has 0 aromatic heterocycles. The molecule has 2 aliphatic rings. The lowest BCUT2D eigenvalue weighted by molar-refractivity contribution is 0.256. The predicted molar refractivity (Wildman–Crippen MR) is 84.4 cm³/mol. The molecule has 0 amide bonds. The Morgan fingerprint density at radius 3 is 2.81 bits per heavy atom. The van der Waals surface area contributed by atoms with E-state index < -0.39 is 10.2 Å². The standard InChI is InChI=1S/C15H23N3O2S/c1-12-10-13-6-2-3-8-15(13)18(12)21(19,20)17-9-5-4-7-14(17)11-16/h2-3,6,8,12,14H,4-5,7,9-11,16H2,1H3. The molecule has 2 heterocycles. The lowest BCUT2D eigenvalue weighted by Crippen LogP contribution is -2.54. The first-order chi connectivity index (χ1) is 10.1. The first kappa shape index (κ1) is 14.8. The van der Waals surface area contributed by atoms with Gasteiger partial charge in [0.2, 0.25) is 0 Å². The van der Waals surface area contributed by atoms with Crippen LogP contribution in [0.25, 0.3) is 0 Å². The van der Waals surface area contributed by atoms with E-state index >= 15 is 0 Å². The van der Waals surface area contributed by atoms with Crippen molar-refractivity contribution in [1.82, 2.24) is 4.31 Å². The number of hydrogen-bond acceptors (Lipinski definition) is 3. The lowest BCUT2D eigenvalue weighted by atomic mass is 10.1. The zero-order valence-corrected chi connectivity index (χ0v) is 13.2. The molecule has 1 saturated heterocycles. The second kappa shape index (κ2) is 5.59. The molecule has 0 saturated carbocycles. The quantitative estimate of drug-likeness (QED) is 0.920. The smallest absolute Gasteiger partial charge is 0.304 e. The van der Waals surface area contributed by atoms with Crippen LogP contribution in [0, 0.1) is 0 Å².